The number of rotatable bonds is 3. The number of halogens is 4. The van der Waals surface area contributed by atoms with Crippen molar-refractivity contribution in [3.63, 3.8) is 0 Å². The van der Waals surface area contributed by atoms with E-state index in [0.717, 1.165) is 12.1 Å². The second-order valence-electron chi connectivity index (χ2n) is 6.15. The first-order valence-corrected chi connectivity index (χ1v) is 8.55. The summed E-state index contributed by atoms with van der Waals surface area (Å²) in [6.07, 6.45) is -4.53. The fourth-order valence-corrected chi connectivity index (χ4v) is 3.00. The number of urea groups is 1. The summed E-state index contributed by atoms with van der Waals surface area (Å²) in [6.45, 7) is 1.54. The number of hydrogen-bond donors (Lipinski definition) is 3. The Kier molecular flexibility index (Phi) is 5.33. The van der Waals surface area contributed by atoms with Crippen LogP contribution in [0.15, 0.2) is 59.8 Å². The predicted molar refractivity (Wildman–Crippen MR) is 98.6 cm³/mol. The molecule has 1 aliphatic heterocycles. The number of nitrogens with one attached hydrogen (secondary N) is 3. The Bertz CT molecular complexity index is 956. The summed E-state index contributed by atoms with van der Waals surface area (Å²) in [5, 5.41) is 8.10. The normalized spacial score (nSPS) is 17.0. The van der Waals surface area contributed by atoms with Gasteiger partial charge in [-0.25, -0.2) is 4.79 Å². The molecule has 1 heterocycles. The van der Waals surface area contributed by atoms with Gasteiger partial charge in [0.25, 0.3) is 5.91 Å². The number of alkyl halides is 3. The van der Waals surface area contributed by atoms with Crippen LogP contribution in [0.5, 0.6) is 0 Å². The maximum absolute atomic E-state index is 12.9. The Hall–Kier alpha value is -3.00. The molecule has 2 aromatic rings. The Balaban J connectivity index is 1.92. The smallest absolute Gasteiger partial charge is 0.327 e. The molecule has 0 bridgehead atoms. The Labute approximate surface area is 163 Å². The molecule has 0 aliphatic carbocycles. The van der Waals surface area contributed by atoms with Crippen molar-refractivity contribution in [1.82, 2.24) is 10.6 Å². The number of carbonyl (C=O) groups excluding carboxylic acids is 2. The zero-order valence-corrected chi connectivity index (χ0v) is 15.3. The highest BCUT2D eigenvalue weighted by molar-refractivity contribution is 6.30. The standard InChI is InChI=1S/C19H15ClF3N3O2/c1-10-15(16(26-18(28)24-10)11-5-7-13(20)8-6-11)17(27)25-14-4-2-3-12(9-14)19(21,22)23/h2-9,16H,1H3,(H,25,27)(H2,24,26,28)/t16-/m0/s1. The van der Waals surface area contributed by atoms with Gasteiger partial charge in [0.1, 0.15) is 0 Å². The molecular weight excluding hydrogens is 395 g/mol. The third kappa shape index (κ3) is 4.28. The van der Waals surface area contributed by atoms with Gasteiger partial charge in [-0.3, -0.25) is 4.79 Å². The summed E-state index contributed by atoms with van der Waals surface area (Å²) < 4.78 is 38.7. The van der Waals surface area contributed by atoms with Gasteiger partial charge in [-0.15, -0.1) is 0 Å². The molecule has 3 rings (SSSR count). The molecule has 0 spiro atoms. The number of allylic oxidation sites excluding steroid dienone is 1. The van der Waals surface area contributed by atoms with E-state index in [9.17, 15) is 22.8 Å². The third-order valence-corrected chi connectivity index (χ3v) is 4.42. The summed E-state index contributed by atoms with van der Waals surface area (Å²) in [4.78, 5) is 24.7. The molecule has 9 heteroatoms. The fourth-order valence-electron chi connectivity index (χ4n) is 2.87. The van der Waals surface area contributed by atoms with Crippen molar-refractivity contribution in [2.75, 3.05) is 5.32 Å². The predicted octanol–water partition coefficient (Wildman–Crippen LogP) is 4.63. The molecule has 2 aromatic carbocycles. The van der Waals surface area contributed by atoms with E-state index in [2.05, 4.69) is 16.0 Å². The van der Waals surface area contributed by atoms with Crippen LogP contribution in [0.4, 0.5) is 23.7 Å². The average Bonchev–Trinajstić information content (AvgIpc) is 2.61. The van der Waals surface area contributed by atoms with Gasteiger partial charge in [0.2, 0.25) is 0 Å². The molecule has 146 valence electrons. The van der Waals surface area contributed by atoms with Crippen molar-refractivity contribution in [2.24, 2.45) is 0 Å². The van der Waals surface area contributed by atoms with E-state index in [1.807, 2.05) is 0 Å². The summed E-state index contributed by atoms with van der Waals surface area (Å²) in [5.41, 5.74) is 0.201. The van der Waals surface area contributed by atoms with Crippen LogP contribution in [0.25, 0.3) is 0 Å². The summed E-state index contributed by atoms with van der Waals surface area (Å²) in [6, 6.07) is 9.59. The minimum Gasteiger partial charge on any atom is -0.327 e. The molecule has 28 heavy (non-hydrogen) atoms. The van der Waals surface area contributed by atoms with E-state index in [-0.39, 0.29) is 11.3 Å². The van der Waals surface area contributed by atoms with Crippen molar-refractivity contribution in [2.45, 2.75) is 19.1 Å². The lowest BCUT2D eigenvalue weighted by Crippen LogP contribution is -2.45. The van der Waals surface area contributed by atoms with Crippen molar-refractivity contribution < 1.29 is 22.8 Å². The van der Waals surface area contributed by atoms with Crippen molar-refractivity contribution in [1.29, 1.82) is 0 Å². The van der Waals surface area contributed by atoms with E-state index in [4.69, 9.17) is 11.6 Å². The average molecular weight is 410 g/mol. The molecule has 3 amide bonds. The van der Waals surface area contributed by atoms with Gasteiger partial charge < -0.3 is 16.0 Å². The Morgan fingerprint density at radius 2 is 1.82 bits per heavy atom. The number of carbonyl (C=O) groups is 2. The number of anilines is 1. The first kappa shape index (κ1) is 19.8. The summed E-state index contributed by atoms with van der Waals surface area (Å²) in [7, 11) is 0. The van der Waals surface area contributed by atoms with Gasteiger partial charge in [0.15, 0.2) is 0 Å². The van der Waals surface area contributed by atoms with E-state index in [1.54, 1.807) is 31.2 Å². The van der Waals surface area contributed by atoms with Gasteiger partial charge in [-0.2, -0.15) is 13.2 Å². The zero-order chi connectivity index (χ0) is 20.5. The van der Waals surface area contributed by atoms with Crippen LogP contribution in [-0.4, -0.2) is 11.9 Å². The van der Waals surface area contributed by atoms with Gasteiger partial charge in [0, 0.05) is 16.4 Å². The molecule has 5 nitrogen and oxygen atoms in total. The van der Waals surface area contributed by atoms with Gasteiger partial charge in [-0.05, 0) is 42.8 Å². The lowest BCUT2D eigenvalue weighted by Gasteiger charge is -2.28. The SMILES string of the molecule is CC1=C(C(=O)Nc2cccc(C(F)(F)F)c2)[C@H](c2ccc(Cl)cc2)NC(=O)N1. The zero-order valence-electron chi connectivity index (χ0n) is 14.5. The number of benzene rings is 2. The van der Waals surface area contributed by atoms with E-state index in [1.165, 1.54) is 12.1 Å². The minimum atomic E-state index is -4.53. The monoisotopic (exact) mass is 409 g/mol. The quantitative estimate of drug-likeness (QED) is 0.692. The summed E-state index contributed by atoms with van der Waals surface area (Å²) >= 11 is 5.88. The maximum Gasteiger partial charge on any atom is 0.416 e. The van der Waals surface area contributed by atoms with Gasteiger partial charge in [-0.1, -0.05) is 29.8 Å². The first-order chi connectivity index (χ1) is 13.1. The Morgan fingerprint density at radius 3 is 2.46 bits per heavy atom. The van der Waals surface area contributed by atoms with Crippen LogP contribution in [-0.2, 0) is 11.0 Å². The minimum absolute atomic E-state index is 0.00752. The molecule has 0 radical (unpaired) electrons. The van der Waals surface area contributed by atoms with E-state index < -0.39 is 29.7 Å². The van der Waals surface area contributed by atoms with Crippen LogP contribution in [0.3, 0.4) is 0 Å². The number of amides is 3. The highest BCUT2D eigenvalue weighted by atomic mass is 35.5. The molecule has 0 saturated carbocycles. The van der Waals surface area contributed by atoms with Gasteiger partial charge >= 0.3 is 12.2 Å². The van der Waals surface area contributed by atoms with E-state index >= 15 is 0 Å². The molecule has 3 N–H and O–H groups in total. The highest BCUT2D eigenvalue weighted by Gasteiger charge is 2.33. The lowest BCUT2D eigenvalue weighted by molar-refractivity contribution is -0.137. The van der Waals surface area contributed by atoms with Crippen LogP contribution < -0.4 is 16.0 Å². The molecule has 1 atom stereocenters. The van der Waals surface area contributed by atoms with E-state index in [0.29, 0.717) is 16.3 Å². The fraction of sp³-hybridized carbons (Fsp3) is 0.158. The largest absolute Gasteiger partial charge is 0.416 e. The molecule has 1 aliphatic rings. The molecular formula is C19H15ClF3N3O2. The third-order valence-electron chi connectivity index (χ3n) is 4.16. The van der Waals surface area contributed by atoms with Crippen molar-refractivity contribution in [3.8, 4) is 0 Å². The highest BCUT2D eigenvalue weighted by Crippen LogP contribution is 2.32. The van der Waals surface area contributed by atoms with Crippen LogP contribution in [0, 0.1) is 0 Å². The molecule has 0 aromatic heterocycles. The second kappa shape index (κ2) is 7.55. The van der Waals surface area contributed by atoms with Crippen molar-refractivity contribution in [3.05, 3.63) is 76.0 Å². The molecule has 0 saturated heterocycles. The van der Waals surface area contributed by atoms with Crippen molar-refractivity contribution >= 4 is 29.2 Å². The van der Waals surface area contributed by atoms with Crippen LogP contribution in [0.1, 0.15) is 24.1 Å². The number of hydrogen-bond acceptors (Lipinski definition) is 2. The lowest BCUT2D eigenvalue weighted by atomic mass is 9.95. The van der Waals surface area contributed by atoms with Gasteiger partial charge in [0.05, 0.1) is 17.2 Å². The molecule has 0 unspecified atom stereocenters. The van der Waals surface area contributed by atoms with Crippen LogP contribution in [0.2, 0.25) is 5.02 Å². The Morgan fingerprint density at radius 1 is 1.14 bits per heavy atom. The van der Waals surface area contributed by atoms with Crippen LogP contribution >= 0.6 is 11.6 Å². The molecule has 0 fully saturated rings. The summed E-state index contributed by atoms with van der Waals surface area (Å²) in [5.74, 6) is -0.635. The topological polar surface area (TPSA) is 70.2 Å². The maximum atomic E-state index is 12.9. The first-order valence-electron chi connectivity index (χ1n) is 8.17. The second-order valence-corrected chi connectivity index (χ2v) is 6.59.